The molecule has 2 heterocycles. The van der Waals surface area contributed by atoms with E-state index in [2.05, 4.69) is 36.5 Å². The van der Waals surface area contributed by atoms with Gasteiger partial charge in [-0.25, -0.2) is 4.98 Å². The maximum atomic E-state index is 5.64. The molecule has 0 bridgehead atoms. The molecule has 0 atom stereocenters. The number of nitrogens with two attached hydrogens (primary N) is 1. The van der Waals surface area contributed by atoms with Crippen molar-refractivity contribution in [1.29, 1.82) is 0 Å². The van der Waals surface area contributed by atoms with E-state index >= 15 is 0 Å². The number of nitrogen functional groups attached to an aromatic ring is 1. The van der Waals surface area contributed by atoms with E-state index in [1.54, 1.807) is 0 Å². The minimum absolute atomic E-state index is 0.522. The van der Waals surface area contributed by atoms with Gasteiger partial charge in [0.2, 0.25) is 0 Å². The summed E-state index contributed by atoms with van der Waals surface area (Å²) in [6, 6.07) is 4.10. The fraction of sp³-hybridized carbons (Fsp3) is 0.364. The van der Waals surface area contributed by atoms with Crippen LogP contribution in [0.5, 0.6) is 0 Å². The molecule has 3 heteroatoms. The molecule has 0 fully saturated rings. The molecule has 2 N–H and O–H groups in total. The summed E-state index contributed by atoms with van der Waals surface area (Å²) in [5, 5.41) is 1.17. The van der Waals surface area contributed by atoms with Crippen LogP contribution in [0.3, 0.4) is 0 Å². The van der Waals surface area contributed by atoms with E-state index in [9.17, 15) is 0 Å². The Bertz CT molecular complexity index is 469. The molecule has 0 radical (unpaired) electrons. The third-order valence-corrected chi connectivity index (χ3v) is 2.58. The molecule has 0 spiro atoms. The SMILES string of the molecule is CC(C)c1cc2cc(N)ncc2n1C. The van der Waals surface area contributed by atoms with Gasteiger partial charge >= 0.3 is 0 Å². The van der Waals surface area contributed by atoms with Gasteiger partial charge in [-0.05, 0) is 18.1 Å². The quantitative estimate of drug-likeness (QED) is 0.748. The Kier molecular flexibility index (Phi) is 1.95. The van der Waals surface area contributed by atoms with Gasteiger partial charge in [-0.2, -0.15) is 0 Å². The summed E-state index contributed by atoms with van der Waals surface area (Å²) in [7, 11) is 2.07. The second-order valence-electron chi connectivity index (χ2n) is 3.95. The van der Waals surface area contributed by atoms with Crippen molar-refractivity contribution in [2.45, 2.75) is 19.8 Å². The molecular formula is C11H15N3. The maximum absolute atomic E-state index is 5.64. The Morgan fingerprint density at radius 1 is 1.36 bits per heavy atom. The number of hydrogen-bond acceptors (Lipinski definition) is 2. The first-order chi connectivity index (χ1) is 6.59. The molecule has 0 aliphatic heterocycles. The molecule has 0 aromatic carbocycles. The van der Waals surface area contributed by atoms with E-state index in [4.69, 9.17) is 5.73 Å². The van der Waals surface area contributed by atoms with Crippen molar-refractivity contribution in [3.05, 3.63) is 24.0 Å². The molecule has 0 saturated heterocycles. The molecule has 2 aromatic rings. The van der Waals surface area contributed by atoms with Crippen LogP contribution in [0, 0.1) is 0 Å². The standard InChI is InChI=1S/C11H15N3/c1-7(2)9-4-8-5-11(12)13-6-10(8)14(9)3/h4-7H,1-3H3,(H2,12,13). The van der Waals surface area contributed by atoms with Gasteiger partial charge in [0, 0.05) is 18.1 Å². The summed E-state index contributed by atoms with van der Waals surface area (Å²) in [6.45, 7) is 4.37. The molecule has 2 rings (SSSR count). The number of rotatable bonds is 1. The molecule has 0 aliphatic carbocycles. The molecule has 0 saturated carbocycles. The van der Waals surface area contributed by atoms with E-state index in [-0.39, 0.29) is 0 Å². The average Bonchev–Trinajstić information content (AvgIpc) is 2.43. The van der Waals surface area contributed by atoms with Gasteiger partial charge in [0.25, 0.3) is 0 Å². The average molecular weight is 189 g/mol. The van der Waals surface area contributed by atoms with Crippen LogP contribution in [0.25, 0.3) is 10.9 Å². The summed E-state index contributed by atoms with van der Waals surface area (Å²) in [5.74, 6) is 1.10. The number of nitrogens with zero attached hydrogens (tertiary/aromatic N) is 2. The number of hydrogen-bond donors (Lipinski definition) is 1. The van der Waals surface area contributed by atoms with Crippen LogP contribution in [0.2, 0.25) is 0 Å². The highest BCUT2D eigenvalue weighted by molar-refractivity contribution is 5.82. The van der Waals surface area contributed by atoms with Gasteiger partial charge in [0.1, 0.15) is 5.82 Å². The lowest BCUT2D eigenvalue weighted by Crippen LogP contribution is -1.97. The first kappa shape index (κ1) is 9.06. The molecule has 3 nitrogen and oxygen atoms in total. The minimum Gasteiger partial charge on any atom is -0.384 e. The third kappa shape index (κ3) is 1.25. The van der Waals surface area contributed by atoms with Crippen LogP contribution < -0.4 is 5.73 Å². The zero-order chi connectivity index (χ0) is 10.3. The van der Waals surface area contributed by atoms with E-state index in [0.29, 0.717) is 11.7 Å². The number of fused-ring (bicyclic) bond motifs is 1. The van der Waals surface area contributed by atoms with Gasteiger partial charge in [-0.1, -0.05) is 13.8 Å². The summed E-state index contributed by atoms with van der Waals surface area (Å²) in [6.07, 6.45) is 1.83. The van der Waals surface area contributed by atoms with Crippen molar-refractivity contribution in [3.8, 4) is 0 Å². The molecule has 74 valence electrons. The zero-order valence-corrected chi connectivity index (χ0v) is 8.78. The Balaban J connectivity index is 2.73. The summed E-state index contributed by atoms with van der Waals surface area (Å²) in [5.41, 5.74) is 8.09. The van der Waals surface area contributed by atoms with E-state index < -0.39 is 0 Å². The third-order valence-electron chi connectivity index (χ3n) is 2.58. The molecule has 0 unspecified atom stereocenters. The molecular weight excluding hydrogens is 174 g/mol. The highest BCUT2D eigenvalue weighted by Gasteiger charge is 2.08. The fourth-order valence-electron chi connectivity index (χ4n) is 1.83. The monoisotopic (exact) mass is 189 g/mol. The van der Waals surface area contributed by atoms with E-state index in [1.807, 2.05) is 12.3 Å². The number of aromatic nitrogens is 2. The van der Waals surface area contributed by atoms with Gasteiger partial charge < -0.3 is 10.3 Å². The number of pyridine rings is 1. The van der Waals surface area contributed by atoms with E-state index in [1.165, 1.54) is 11.1 Å². The van der Waals surface area contributed by atoms with Crippen molar-refractivity contribution < 1.29 is 0 Å². The zero-order valence-electron chi connectivity index (χ0n) is 8.78. The predicted octanol–water partition coefficient (Wildman–Crippen LogP) is 2.28. The van der Waals surface area contributed by atoms with Crippen LogP contribution in [0.4, 0.5) is 5.82 Å². The Labute approximate surface area is 83.6 Å². The lowest BCUT2D eigenvalue weighted by Gasteiger charge is -2.06. The van der Waals surface area contributed by atoms with Crippen LogP contribution >= 0.6 is 0 Å². The first-order valence-corrected chi connectivity index (χ1v) is 4.80. The lowest BCUT2D eigenvalue weighted by molar-refractivity contribution is 0.755. The summed E-state index contributed by atoms with van der Waals surface area (Å²) >= 11 is 0. The van der Waals surface area contributed by atoms with Crippen LogP contribution in [-0.2, 0) is 7.05 Å². The second kappa shape index (κ2) is 3.01. The van der Waals surface area contributed by atoms with Crippen molar-refractivity contribution in [3.63, 3.8) is 0 Å². The number of aryl methyl sites for hydroxylation is 1. The Hall–Kier alpha value is -1.51. The minimum atomic E-state index is 0.522. The highest BCUT2D eigenvalue weighted by Crippen LogP contribution is 2.24. The van der Waals surface area contributed by atoms with Crippen LogP contribution in [0.15, 0.2) is 18.3 Å². The highest BCUT2D eigenvalue weighted by atomic mass is 15.0. The summed E-state index contributed by atoms with van der Waals surface area (Å²) < 4.78 is 2.17. The van der Waals surface area contributed by atoms with Crippen molar-refractivity contribution >= 4 is 16.7 Å². The summed E-state index contributed by atoms with van der Waals surface area (Å²) in [4.78, 5) is 4.10. The van der Waals surface area contributed by atoms with Crippen LogP contribution in [-0.4, -0.2) is 9.55 Å². The second-order valence-corrected chi connectivity index (χ2v) is 3.95. The molecule has 0 amide bonds. The van der Waals surface area contributed by atoms with Crippen molar-refractivity contribution in [1.82, 2.24) is 9.55 Å². The van der Waals surface area contributed by atoms with E-state index in [0.717, 1.165) is 5.52 Å². The Morgan fingerprint density at radius 3 is 2.71 bits per heavy atom. The lowest BCUT2D eigenvalue weighted by atomic mass is 10.1. The predicted molar refractivity (Wildman–Crippen MR) is 59.2 cm³/mol. The van der Waals surface area contributed by atoms with Gasteiger partial charge in [0.15, 0.2) is 0 Å². The molecule has 0 aliphatic rings. The smallest absolute Gasteiger partial charge is 0.124 e. The molecule has 14 heavy (non-hydrogen) atoms. The topological polar surface area (TPSA) is 43.8 Å². The number of anilines is 1. The van der Waals surface area contributed by atoms with Gasteiger partial charge in [0.05, 0.1) is 11.7 Å². The van der Waals surface area contributed by atoms with Crippen molar-refractivity contribution in [2.24, 2.45) is 7.05 Å². The molecule has 2 aromatic heterocycles. The van der Waals surface area contributed by atoms with Crippen molar-refractivity contribution in [2.75, 3.05) is 5.73 Å². The first-order valence-electron chi connectivity index (χ1n) is 4.80. The van der Waals surface area contributed by atoms with Crippen LogP contribution in [0.1, 0.15) is 25.5 Å². The normalized spacial score (nSPS) is 11.4. The Morgan fingerprint density at radius 2 is 2.07 bits per heavy atom. The largest absolute Gasteiger partial charge is 0.384 e. The van der Waals surface area contributed by atoms with Gasteiger partial charge in [-0.3, -0.25) is 0 Å². The maximum Gasteiger partial charge on any atom is 0.124 e. The van der Waals surface area contributed by atoms with Gasteiger partial charge in [-0.15, -0.1) is 0 Å². The fourth-order valence-corrected chi connectivity index (χ4v) is 1.83.